The number of rotatable bonds is 7. The first-order chi connectivity index (χ1) is 11.1. The number of anilines is 1. The van der Waals surface area contributed by atoms with Crippen LogP contribution in [0.5, 0.6) is 0 Å². The van der Waals surface area contributed by atoms with Crippen LogP contribution in [-0.2, 0) is 0 Å². The predicted molar refractivity (Wildman–Crippen MR) is 91.9 cm³/mol. The largest absolute Gasteiger partial charge is 0.465 e. The minimum atomic E-state index is -1.06. The molecule has 0 aliphatic heterocycles. The minimum Gasteiger partial charge on any atom is -0.465 e. The number of hydrogen-bond acceptors (Lipinski definition) is 3. The van der Waals surface area contributed by atoms with Crippen LogP contribution in [0.3, 0.4) is 0 Å². The average molecular weight is 320 g/mol. The first-order valence-electron chi connectivity index (χ1n) is 8.52. The Labute approximate surface area is 138 Å². The summed E-state index contributed by atoms with van der Waals surface area (Å²) in [6.45, 7) is 1.30. The van der Waals surface area contributed by atoms with Gasteiger partial charge in [0.1, 0.15) is 0 Å². The van der Waals surface area contributed by atoms with Crippen LogP contribution in [0.25, 0.3) is 0 Å². The van der Waals surface area contributed by atoms with Crippen molar-refractivity contribution in [1.29, 1.82) is 0 Å². The van der Waals surface area contributed by atoms with Crippen LogP contribution in [0.15, 0.2) is 24.3 Å². The molecule has 3 N–H and O–H groups in total. The zero-order valence-corrected chi connectivity index (χ0v) is 13.9. The molecule has 1 amide bonds. The highest BCUT2D eigenvalue weighted by molar-refractivity contribution is 5.64. The quantitative estimate of drug-likeness (QED) is 0.720. The van der Waals surface area contributed by atoms with Crippen molar-refractivity contribution >= 4 is 11.8 Å². The van der Waals surface area contributed by atoms with Crippen molar-refractivity contribution in [3.63, 3.8) is 0 Å². The van der Waals surface area contributed by atoms with E-state index in [2.05, 4.69) is 23.3 Å². The Hall–Kier alpha value is -1.75. The van der Waals surface area contributed by atoms with Gasteiger partial charge in [-0.05, 0) is 42.9 Å². The summed E-state index contributed by atoms with van der Waals surface area (Å²) in [5, 5.41) is 21.1. The van der Waals surface area contributed by atoms with Gasteiger partial charge < -0.3 is 20.4 Å². The van der Waals surface area contributed by atoms with E-state index >= 15 is 0 Å². The number of carbonyl (C=O) groups is 1. The van der Waals surface area contributed by atoms with Gasteiger partial charge in [-0.1, -0.05) is 31.4 Å². The molecule has 0 radical (unpaired) electrons. The Morgan fingerprint density at radius 2 is 2.09 bits per heavy atom. The van der Waals surface area contributed by atoms with Crippen molar-refractivity contribution in [2.24, 2.45) is 5.92 Å². The highest BCUT2D eigenvalue weighted by Gasteiger charge is 2.16. The Kier molecular flexibility index (Phi) is 6.71. The van der Waals surface area contributed by atoms with Crippen LogP contribution < -0.4 is 10.2 Å². The summed E-state index contributed by atoms with van der Waals surface area (Å²) in [6, 6.07) is 7.92. The first-order valence-corrected chi connectivity index (χ1v) is 8.52. The highest BCUT2D eigenvalue weighted by atomic mass is 16.4. The molecule has 0 spiro atoms. The summed E-state index contributed by atoms with van der Waals surface area (Å²) in [5.41, 5.74) is 1.95. The number of nitrogens with one attached hydrogen (secondary N) is 1. The molecule has 1 aromatic rings. The van der Waals surface area contributed by atoms with Crippen LogP contribution >= 0.6 is 0 Å². The standard InChI is InChI=1S/C18H28N2O3/c1-20(13-14-6-3-2-4-7-14)16-9-5-8-15(12-16)17(21)10-11-19-18(22)23/h5,8-9,12,14,17,19,21H,2-4,6-7,10-11,13H2,1H3,(H,22,23). The lowest BCUT2D eigenvalue weighted by Crippen LogP contribution is -2.27. The molecular formula is C18H28N2O3. The van der Waals surface area contributed by atoms with Crippen molar-refractivity contribution in [2.45, 2.75) is 44.6 Å². The van der Waals surface area contributed by atoms with E-state index in [1.165, 1.54) is 32.1 Å². The number of hydrogen-bond donors (Lipinski definition) is 3. The molecule has 1 aliphatic rings. The average Bonchev–Trinajstić information content (AvgIpc) is 2.55. The number of aliphatic hydroxyl groups is 1. The third-order valence-corrected chi connectivity index (χ3v) is 4.65. The molecular weight excluding hydrogens is 292 g/mol. The third-order valence-electron chi connectivity index (χ3n) is 4.65. The predicted octanol–water partition coefficient (Wildman–Crippen LogP) is 3.39. The SMILES string of the molecule is CN(CC1CCCCC1)c1cccc(C(O)CCNC(=O)O)c1. The summed E-state index contributed by atoms with van der Waals surface area (Å²) in [7, 11) is 2.10. The lowest BCUT2D eigenvalue weighted by atomic mass is 9.89. The maximum absolute atomic E-state index is 10.5. The van der Waals surface area contributed by atoms with E-state index in [0.717, 1.165) is 23.7 Å². The minimum absolute atomic E-state index is 0.249. The molecule has 23 heavy (non-hydrogen) atoms. The summed E-state index contributed by atoms with van der Waals surface area (Å²) in [5.74, 6) is 0.766. The lowest BCUT2D eigenvalue weighted by Gasteiger charge is -2.28. The van der Waals surface area contributed by atoms with E-state index in [9.17, 15) is 9.90 Å². The molecule has 1 aliphatic carbocycles. The van der Waals surface area contributed by atoms with Gasteiger partial charge in [-0.3, -0.25) is 0 Å². The molecule has 0 heterocycles. The molecule has 1 saturated carbocycles. The number of amides is 1. The number of aliphatic hydroxyl groups excluding tert-OH is 1. The van der Waals surface area contributed by atoms with Gasteiger partial charge in [0.25, 0.3) is 0 Å². The summed E-state index contributed by atoms with van der Waals surface area (Å²) < 4.78 is 0. The van der Waals surface area contributed by atoms with Gasteiger partial charge >= 0.3 is 6.09 Å². The molecule has 128 valence electrons. The first kappa shape index (κ1) is 17.6. The Morgan fingerprint density at radius 1 is 1.35 bits per heavy atom. The maximum Gasteiger partial charge on any atom is 0.404 e. The lowest BCUT2D eigenvalue weighted by molar-refractivity contribution is 0.162. The maximum atomic E-state index is 10.5. The molecule has 1 unspecified atom stereocenters. The van der Waals surface area contributed by atoms with Crippen LogP contribution in [0.2, 0.25) is 0 Å². The van der Waals surface area contributed by atoms with Crippen molar-refractivity contribution in [2.75, 3.05) is 25.0 Å². The van der Waals surface area contributed by atoms with Crippen LogP contribution in [0.1, 0.15) is 50.2 Å². The van der Waals surface area contributed by atoms with E-state index in [1.807, 2.05) is 18.2 Å². The molecule has 0 saturated heterocycles. The molecule has 1 fully saturated rings. The summed E-state index contributed by atoms with van der Waals surface area (Å²) >= 11 is 0. The van der Waals surface area contributed by atoms with Gasteiger partial charge in [0.15, 0.2) is 0 Å². The molecule has 0 aromatic heterocycles. The van der Waals surface area contributed by atoms with Crippen molar-refractivity contribution in [1.82, 2.24) is 5.32 Å². The van der Waals surface area contributed by atoms with Crippen LogP contribution in [-0.4, -0.2) is 36.4 Å². The van der Waals surface area contributed by atoms with Gasteiger partial charge in [0, 0.05) is 25.8 Å². The molecule has 5 nitrogen and oxygen atoms in total. The Morgan fingerprint density at radius 3 is 2.78 bits per heavy atom. The highest BCUT2D eigenvalue weighted by Crippen LogP contribution is 2.27. The number of carboxylic acid groups (broad SMARTS) is 1. The zero-order chi connectivity index (χ0) is 16.7. The third kappa shape index (κ3) is 5.75. The second kappa shape index (κ2) is 8.77. The fourth-order valence-electron chi connectivity index (χ4n) is 3.31. The van der Waals surface area contributed by atoms with E-state index < -0.39 is 12.2 Å². The zero-order valence-electron chi connectivity index (χ0n) is 13.9. The van der Waals surface area contributed by atoms with E-state index in [-0.39, 0.29) is 6.54 Å². The second-order valence-corrected chi connectivity index (χ2v) is 6.52. The van der Waals surface area contributed by atoms with Crippen LogP contribution in [0.4, 0.5) is 10.5 Å². The van der Waals surface area contributed by atoms with Crippen molar-refractivity contribution in [3.05, 3.63) is 29.8 Å². The molecule has 2 rings (SSSR count). The summed E-state index contributed by atoms with van der Waals surface area (Å²) in [6.07, 6.45) is 5.35. The number of benzene rings is 1. The van der Waals surface area contributed by atoms with Gasteiger partial charge in [0.05, 0.1) is 6.10 Å². The van der Waals surface area contributed by atoms with E-state index in [4.69, 9.17) is 5.11 Å². The fourth-order valence-corrected chi connectivity index (χ4v) is 3.31. The smallest absolute Gasteiger partial charge is 0.404 e. The molecule has 1 aromatic carbocycles. The molecule has 0 bridgehead atoms. The summed E-state index contributed by atoms with van der Waals surface area (Å²) in [4.78, 5) is 12.7. The molecule has 5 heteroatoms. The van der Waals surface area contributed by atoms with Gasteiger partial charge in [-0.2, -0.15) is 0 Å². The Balaban J connectivity index is 1.90. The van der Waals surface area contributed by atoms with Gasteiger partial charge in [-0.25, -0.2) is 4.79 Å². The fraction of sp³-hybridized carbons (Fsp3) is 0.611. The monoisotopic (exact) mass is 320 g/mol. The van der Waals surface area contributed by atoms with Gasteiger partial charge in [0.2, 0.25) is 0 Å². The molecule has 1 atom stereocenters. The van der Waals surface area contributed by atoms with E-state index in [1.54, 1.807) is 0 Å². The van der Waals surface area contributed by atoms with Crippen molar-refractivity contribution in [3.8, 4) is 0 Å². The van der Waals surface area contributed by atoms with Gasteiger partial charge in [-0.15, -0.1) is 0 Å². The van der Waals surface area contributed by atoms with Crippen molar-refractivity contribution < 1.29 is 15.0 Å². The Bertz CT molecular complexity index is 501. The van der Waals surface area contributed by atoms with E-state index in [0.29, 0.717) is 6.42 Å². The number of nitrogens with zero attached hydrogens (tertiary/aromatic N) is 1. The topological polar surface area (TPSA) is 72.8 Å². The normalized spacial score (nSPS) is 16.8. The second-order valence-electron chi connectivity index (χ2n) is 6.52. The van der Waals surface area contributed by atoms with Crippen LogP contribution in [0, 0.1) is 5.92 Å².